The van der Waals surface area contributed by atoms with Crippen molar-refractivity contribution in [2.45, 2.75) is 39.7 Å². The van der Waals surface area contributed by atoms with Gasteiger partial charge in [-0.3, -0.25) is 9.89 Å². The minimum atomic E-state index is 0. The second-order valence-electron chi connectivity index (χ2n) is 7.08. The van der Waals surface area contributed by atoms with Crippen LogP contribution in [-0.2, 0) is 13.0 Å². The van der Waals surface area contributed by atoms with E-state index in [0.29, 0.717) is 5.92 Å². The molecule has 0 spiro atoms. The Kier molecular flexibility index (Phi) is 10.7. The van der Waals surface area contributed by atoms with Gasteiger partial charge in [0.1, 0.15) is 0 Å². The standard InChI is InChI=1S/C20H31N5S2.HI/c1-3-21-20(22-9-8-19-23-12-16(2)27-19)24-13-17-6-4-10-25(14-17)15-18-7-5-11-26-18;/h5,7,11-12,17H,3-4,6,8-10,13-15H2,1-2H3,(H2,21,22,24);1H. The Balaban J connectivity index is 0.00000280. The van der Waals surface area contributed by atoms with Crippen LogP contribution in [0.4, 0.5) is 0 Å². The summed E-state index contributed by atoms with van der Waals surface area (Å²) < 4.78 is 0. The lowest BCUT2D eigenvalue weighted by Gasteiger charge is -2.31. The minimum absolute atomic E-state index is 0. The Morgan fingerprint density at radius 2 is 2.29 bits per heavy atom. The topological polar surface area (TPSA) is 52.6 Å². The highest BCUT2D eigenvalue weighted by atomic mass is 127. The predicted octanol–water partition coefficient (Wildman–Crippen LogP) is 4.14. The highest BCUT2D eigenvalue weighted by Crippen LogP contribution is 2.20. The third kappa shape index (κ3) is 7.96. The number of thiophene rings is 1. The van der Waals surface area contributed by atoms with Gasteiger partial charge < -0.3 is 10.6 Å². The number of thiazole rings is 1. The summed E-state index contributed by atoms with van der Waals surface area (Å²) in [6.07, 6.45) is 5.45. The van der Waals surface area contributed by atoms with Crippen molar-refractivity contribution in [1.82, 2.24) is 20.5 Å². The average Bonchev–Trinajstić information content (AvgIpc) is 3.32. The van der Waals surface area contributed by atoms with Crippen molar-refractivity contribution in [1.29, 1.82) is 0 Å². The first kappa shape index (κ1) is 23.6. The fourth-order valence-electron chi connectivity index (χ4n) is 3.43. The second kappa shape index (κ2) is 12.8. The minimum Gasteiger partial charge on any atom is -0.357 e. The Bertz CT molecular complexity index is 701. The van der Waals surface area contributed by atoms with Crippen LogP contribution in [0.1, 0.15) is 34.5 Å². The average molecular weight is 534 g/mol. The van der Waals surface area contributed by atoms with Crippen LogP contribution in [0.2, 0.25) is 0 Å². The van der Waals surface area contributed by atoms with E-state index in [1.54, 1.807) is 11.3 Å². The summed E-state index contributed by atoms with van der Waals surface area (Å²) in [6.45, 7) is 10.3. The maximum atomic E-state index is 4.86. The zero-order valence-corrected chi connectivity index (χ0v) is 20.8. The number of piperidine rings is 1. The van der Waals surface area contributed by atoms with E-state index < -0.39 is 0 Å². The molecule has 156 valence electrons. The summed E-state index contributed by atoms with van der Waals surface area (Å²) in [7, 11) is 0. The number of rotatable bonds is 8. The van der Waals surface area contributed by atoms with Crippen LogP contribution in [0.3, 0.4) is 0 Å². The first-order valence-electron chi connectivity index (χ1n) is 9.91. The van der Waals surface area contributed by atoms with Gasteiger partial charge in [0.15, 0.2) is 5.96 Å². The van der Waals surface area contributed by atoms with Crippen molar-refractivity contribution in [3.63, 3.8) is 0 Å². The molecule has 0 bridgehead atoms. The molecule has 1 aliphatic rings. The van der Waals surface area contributed by atoms with Crippen LogP contribution in [0.5, 0.6) is 0 Å². The van der Waals surface area contributed by atoms with E-state index in [4.69, 9.17) is 4.99 Å². The highest BCUT2D eigenvalue weighted by molar-refractivity contribution is 14.0. The summed E-state index contributed by atoms with van der Waals surface area (Å²) in [5.41, 5.74) is 0. The normalized spacial score (nSPS) is 17.9. The molecule has 0 aromatic carbocycles. The lowest BCUT2D eigenvalue weighted by Crippen LogP contribution is -2.40. The number of nitrogens with zero attached hydrogens (tertiary/aromatic N) is 3. The quantitative estimate of drug-likeness (QED) is 0.304. The third-order valence-electron chi connectivity index (χ3n) is 4.71. The molecule has 8 heteroatoms. The van der Waals surface area contributed by atoms with E-state index in [1.807, 2.05) is 17.5 Å². The van der Waals surface area contributed by atoms with E-state index in [2.05, 4.69) is 51.9 Å². The van der Waals surface area contributed by atoms with Gasteiger partial charge >= 0.3 is 0 Å². The fourth-order valence-corrected chi connectivity index (χ4v) is 4.97. The van der Waals surface area contributed by atoms with Gasteiger partial charge in [-0.15, -0.1) is 46.7 Å². The molecular weight excluding hydrogens is 501 g/mol. The fraction of sp³-hybridized carbons (Fsp3) is 0.600. The summed E-state index contributed by atoms with van der Waals surface area (Å²) >= 11 is 3.63. The Morgan fingerprint density at radius 1 is 1.39 bits per heavy atom. The molecule has 1 fully saturated rings. The molecule has 0 radical (unpaired) electrons. The Morgan fingerprint density at radius 3 is 3.00 bits per heavy atom. The molecule has 1 saturated heterocycles. The number of aromatic nitrogens is 1. The zero-order chi connectivity index (χ0) is 18.9. The largest absolute Gasteiger partial charge is 0.357 e. The van der Waals surface area contributed by atoms with Crippen LogP contribution in [-0.4, -0.2) is 48.6 Å². The molecule has 0 amide bonds. The summed E-state index contributed by atoms with van der Waals surface area (Å²) in [5, 5.41) is 10.2. The summed E-state index contributed by atoms with van der Waals surface area (Å²) in [5.74, 6) is 1.58. The third-order valence-corrected chi connectivity index (χ3v) is 6.55. The summed E-state index contributed by atoms with van der Waals surface area (Å²) in [6, 6.07) is 4.39. The van der Waals surface area contributed by atoms with Gasteiger partial charge in [-0.1, -0.05) is 6.07 Å². The molecule has 0 saturated carbocycles. The van der Waals surface area contributed by atoms with Crippen LogP contribution in [0, 0.1) is 12.8 Å². The molecule has 3 rings (SSSR count). The molecule has 0 aliphatic carbocycles. The smallest absolute Gasteiger partial charge is 0.191 e. The molecular formula is C20H32IN5S2. The number of aryl methyl sites for hydroxylation is 1. The van der Waals surface area contributed by atoms with Crippen molar-refractivity contribution in [2.24, 2.45) is 10.9 Å². The van der Waals surface area contributed by atoms with E-state index in [0.717, 1.165) is 45.1 Å². The highest BCUT2D eigenvalue weighted by Gasteiger charge is 2.20. The van der Waals surface area contributed by atoms with Crippen molar-refractivity contribution in [3.8, 4) is 0 Å². The number of nitrogens with one attached hydrogen (secondary N) is 2. The molecule has 5 nitrogen and oxygen atoms in total. The number of halogens is 1. The number of likely N-dealkylation sites (tertiary alicyclic amines) is 1. The number of hydrogen-bond donors (Lipinski definition) is 2. The van der Waals surface area contributed by atoms with Crippen molar-refractivity contribution in [3.05, 3.63) is 38.5 Å². The van der Waals surface area contributed by atoms with E-state index in [9.17, 15) is 0 Å². The number of aliphatic imine (C=N–C) groups is 1. The Hall–Kier alpha value is -0.710. The molecule has 2 aromatic rings. The Labute approximate surface area is 194 Å². The van der Waals surface area contributed by atoms with Gasteiger partial charge in [-0.2, -0.15) is 0 Å². The van der Waals surface area contributed by atoms with Crippen molar-refractivity contribution < 1.29 is 0 Å². The molecule has 1 unspecified atom stereocenters. The maximum absolute atomic E-state index is 4.86. The molecule has 2 N–H and O–H groups in total. The zero-order valence-electron chi connectivity index (χ0n) is 16.8. The van der Waals surface area contributed by atoms with Crippen LogP contribution in [0.15, 0.2) is 28.7 Å². The van der Waals surface area contributed by atoms with Gasteiger partial charge in [0, 0.05) is 55.1 Å². The summed E-state index contributed by atoms with van der Waals surface area (Å²) in [4.78, 5) is 14.6. The van der Waals surface area contributed by atoms with Gasteiger partial charge in [-0.25, -0.2) is 4.98 Å². The maximum Gasteiger partial charge on any atom is 0.191 e. The second-order valence-corrected chi connectivity index (χ2v) is 9.44. The van der Waals surface area contributed by atoms with E-state index in [1.165, 1.54) is 34.1 Å². The first-order chi connectivity index (χ1) is 13.2. The van der Waals surface area contributed by atoms with Gasteiger partial charge in [0.2, 0.25) is 0 Å². The van der Waals surface area contributed by atoms with Crippen LogP contribution < -0.4 is 10.6 Å². The monoisotopic (exact) mass is 533 g/mol. The van der Waals surface area contributed by atoms with Gasteiger partial charge in [-0.05, 0) is 50.6 Å². The lowest BCUT2D eigenvalue weighted by atomic mass is 9.98. The van der Waals surface area contributed by atoms with E-state index in [-0.39, 0.29) is 24.0 Å². The van der Waals surface area contributed by atoms with Crippen molar-refractivity contribution in [2.75, 3.05) is 32.7 Å². The predicted molar refractivity (Wildman–Crippen MR) is 132 cm³/mol. The molecule has 1 atom stereocenters. The number of guanidine groups is 1. The van der Waals surface area contributed by atoms with Crippen LogP contribution in [0.25, 0.3) is 0 Å². The van der Waals surface area contributed by atoms with Crippen molar-refractivity contribution >= 4 is 52.6 Å². The van der Waals surface area contributed by atoms with Gasteiger partial charge in [0.25, 0.3) is 0 Å². The molecule has 1 aliphatic heterocycles. The number of hydrogen-bond acceptors (Lipinski definition) is 5. The molecule has 28 heavy (non-hydrogen) atoms. The molecule has 2 aromatic heterocycles. The SMILES string of the molecule is CCNC(=NCC1CCCN(Cc2cccs2)C1)NCCc1ncc(C)s1.I. The van der Waals surface area contributed by atoms with E-state index >= 15 is 0 Å². The first-order valence-corrected chi connectivity index (χ1v) is 11.6. The van der Waals surface area contributed by atoms with Gasteiger partial charge in [0.05, 0.1) is 5.01 Å². The van der Waals surface area contributed by atoms with Crippen LogP contribution >= 0.6 is 46.7 Å². The molecule has 3 heterocycles. The lowest BCUT2D eigenvalue weighted by molar-refractivity contribution is 0.172.